The van der Waals surface area contributed by atoms with Crippen LogP contribution in [-0.4, -0.2) is 30.4 Å². The Morgan fingerprint density at radius 3 is 2.89 bits per heavy atom. The van der Waals surface area contributed by atoms with Crippen LogP contribution in [0.25, 0.3) is 11.0 Å². The predicted molar refractivity (Wildman–Crippen MR) is 109 cm³/mol. The van der Waals surface area contributed by atoms with Gasteiger partial charge in [0.2, 0.25) is 0 Å². The number of unbranched alkanes of at least 4 members (excludes halogenated alkanes) is 1. The molecule has 0 saturated heterocycles. The van der Waals surface area contributed by atoms with Gasteiger partial charge in [-0.2, -0.15) is 0 Å². The number of aryl methyl sites for hydroxylation is 3. The van der Waals surface area contributed by atoms with E-state index in [1.807, 2.05) is 47.5 Å². The van der Waals surface area contributed by atoms with Gasteiger partial charge in [-0.15, -0.1) is 11.3 Å². The highest BCUT2D eigenvalue weighted by atomic mass is 32.1. The van der Waals surface area contributed by atoms with E-state index in [0.29, 0.717) is 12.2 Å². The first-order valence-electron chi connectivity index (χ1n) is 9.31. The lowest BCUT2D eigenvalue weighted by Gasteiger charge is -2.03. The van der Waals surface area contributed by atoms with Gasteiger partial charge < -0.3 is 14.9 Å². The number of hydrogen-bond acceptors (Lipinski definition) is 5. The number of fused-ring (bicyclic) bond motifs is 1. The molecule has 4 aromatic rings. The summed E-state index contributed by atoms with van der Waals surface area (Å²) in [6.07, 6.45) is 7.40. The zero-order valence-electron chi connectivity index (χ0n) is 15.7. The number of rotatable bonds is 8. The van der Waals surface area contributed by atoms with Crippen molar-refractivity contribution in [3.63, 3.8) is 0 Å². The number of hydrogen-bond donors (Lipinski definition) is 2. The average molecular weight is 395 g/mol. The Bertz CT molecular complexity index is 1050. The first-order valence-corrected chi connectivity index (χ1v) is 10.2. The summed E-state index contributed by atoms with van der Waals surface area (Å²) in [5.74, 6) is 1.68. The van der Waals surface area contributed by atoms with E-state index >= 15 is 0 Å². The minimum absolute atomic E-state index is 0.159. The maximum Gasteiger partial charge on any atom is 0.271 e. The molecule has 0 atom stereocenters. The Balaban J connectivity index is 1.23. The lowest BCUT2D eigenvalue weighted by atomic mass is 10.2. The number of carbonyl (C=O) groups is 1. The molecule has 2 N–H and O–H groups in total. The van der Waals surface area contributed by atoms with Crippen molar-refractivity contribution in [3.05, 3.63) is 64.4 Å². The monoisotopic (exact) mass is 394 g/mol. The largest absolute Gasteiger partial charge is 0.343 e. The van der Waals surface area contributed by atoms with Gasteiger partial charge in [0, 0.05) is 31.2 Å². The lowest BCUT2D eigenvalue weighted by molar-refractivity contribution is 0.0945. The number of benzene rings is 1. The van der Waals surface area contributed by atoms with E-state index in [1.165, 1.54) is 11.3 Å². The molecule has 8 heteroatoms. The zero-order valence-corrected chi connectivity index (χ0v) is 16.5. The Morgan fingerprint density at radius 1 is 1.21 bits per heavy atom. The summed E-state index contributed by atoms with van der Waals surface area (Å²) in [6.45, 7) is 0.396. The average Bonchev–Trinajstić information content (AvgIpc) is 3.42. The Labute approximate surface area is 166 Å². The minimum atomic E-state index is -0.159. The molecule has 0 unspecified atom stereocenters. The van der Waals surface area contributed by atoms with E-state index in [4.69, 9.17) is 0 Å². The topological polar surface area (TPSA) is 88.5 Å². The third-order valence-electron chi connectivity index (χ3n) is 4.61. The summed E-state index contributed by atoms with van der Waals surface area (Å²) in [5, 5.41) is 5.68. The maximum absolute atomic E-state index is 12.2. The Kier molecular flexibility index (Phi) is 5.48. The molecule has 4 rings (SSSR count). The fourth-order valence-electron chi connectivity index (χ4n) is 3.04. The van der Waals surface area contributed by atoms with E-state index < -0.39 is 0 Å². The number of imidazole rings is 2. The van der Waals surface area contributed by atoms with Gasteiger partial charge in [0.05, 0.1) is 22.6 Å². The fourth-order valence-corrected chi connectivity index (χ4v) is 3.86. The number of nitrogens with one attached hydrogen (secondary N) is 2. The van der Waals surface area contributed by atoms with Crippen LogP contribution in [0.15, 0.2) is 42.0 Å². The third kappa shape index (κ3) is 4.28. The molecule has 0 fully saturated rings. The van der Waals surface area contributed by atoms with Crippen molar-refractivity contribution in [1.29, 1.82) is 0 Å². The Hall–Kier alpha value is -3.00. The number of nitrogens with zero attached hydrogens (tertiary/aromatic N) is 4. The molecule has 0 aliphatic carbocycles. The molecule has 3 heterocycles. The molecule has 28 heavy (non-hydrogen) atoms. The molecular formula is C20H22N6OS. The number of aromatic nitrogens is 5. The molecule has 0 saturated carbocycles. The molecular weight excluding hydrogens is 372 g/mol. The van der Waals surface area contributed by atoms with Crippen LogP contribution < -0.4 is 5.32 Å². The van der Waals surface area contributed by atoms with E-state index in [-0.39, 0.29) is 5.91 Å². The lowest BCUT2D eigenvalue weighted by Crippen LogP contribution is -2.24. The van der Waals surface area contributed by atoms with Gasteiger partial charge in [0.15, 0.2) is 0 Å². The van der Waals surface area contributed by atoms with Gasteiger partial charge in [-0.3, -0.25) is 4.79 Å². The van der Waals surface area contributed by atoms with Gasteiger partial charge >= 0.3 is 0 Å². The van der Waals surface area contributed by atoms with Crippen molar-refractivity contribution in [2.24, 2.45) is 7.05 Å². The van der Waals surface area contributed by atoms with E-state index in [9.17, 15) is 4.79 Å². The standard InChI is InChI=1S/C20H22N6OS/c1-26-11-10-21-18(26)12-22-20(27)16-13-28-19(25-16)9-5-4-8-17-23-14-6-2-3-7-15(14)24-17/h2-3,6-7,10-11,13H,4-5,8-9,12H2,1H3,(H,22,27)(H,23,24). The van der Waals surface area contributed by atoms with E-state index in [2.05, 4.69) is 25.3 Å². The molecule has 0 bridgehead atoms. The van der Waals surface area contributed by atoms with E-state index in [1.54, 1.807) is 6.20 Å². The third-order valence-corrected chi connectivity index (χ3v) is 5.51. The highest BCUT2D eigenvalue weighted by Gasteiger charge is 2.11. The molecule has 0 aliphatic heterocycles. The number of carbonyl (C=O) groups excluding carboxylic acids is 1. The van der Waals surface area contributed by atoms with Crippen molar-refractivity contribution in [2.75, 3.05) is 0 Å². The normalized spacial score (nSPS) is 11.2. The van der Waals surface area contributed by atoms with E-state index in [0.717, 1.165) is 53.4 Å². The zero-order chi connectivity index (χ0) is 19.3. The number of amides is 1. The van der Waals surface area contributed by atoms with Crippen LogP contribution in [0.4, 0.5) is 0 Å². The minimum Gasteiger partial charge on any atom is -0.343 e. The molecule has 0 aliphatic rings. The summed E-state index contributed by atoms with van der Waals surface area (Å²) in [4.78, 5) is 28.9. The molecule has 0 spiro atoms. The van der Waals surface area contributed by atoms with Crippen LogP contribution >= 0.6 is 11.3 Å². The molecule has 1 amide bonds. The predicted octanol–water partition coefficient (Wildman–Crippen LogP) is 3.25. The maximum atomic E-state index is 12.2. The van der Waals surface area contributed by atoms with Gasteiger partial charge in [0.25, 0.3) is 5.91 Å². The van der Waals surface area contributed by atoms with Crippen molar-refractivity contribution in [1.82, 2.24) is 29.8 Å². The fraction of sp³-hybridized carbons (Fsp3) is 0.300. The quantitative estimate of drug-likeness (QED) is 0.449. The van der Waals surface area contributed by atoms with Crippen LogP contribution in [0.1, 0.15) is 40.0 Å². The molecule has 7 nitrogen and oxygen atoms in total. The van der Waals surface area contributed by atoms with Crippen LogP contribution in [0.2, 0.25) is 0 Å². The van der Waals surface area contributed by atoms with Crippen LogP contribution in [0.3, 0.4) is 0 Å². The van der Waals surface area contributed by atoms with Crippen molar-refractivity contribution in [3.8, 4) is 0 Å². The highest BCUT2D eigenvalue weighted by molar-refractivity contribution is 7.09. The van der Waals surface area contributed by atoms with Gasteiger partial charge in [-0.1, -0.05) is 12.1 Å². The van der Waals surface area contributed by atoms with Gasteiger partial charge in [0.1, 0.15) is 17.3 Å². The molecule has 1 aromatic carbocycles. The molecule has 3 aromatic heterocycles. The summed E-state index contributed by atoms with van der Waals surface area (Å²) in [6, 6.07) is 8.07. The van der Waals surface area contributed by atoms with Crippen LogP contribution in [-0.2, 0) is 26.4 Å². The van der Waals surface area contributed by atoms with Gasteiger partial charge in [-0.05, 0) is 31.4 Å². The Morgan fingerprint density at radius 2 is 2.07 bits per heavy atom. The van der Waals surface area contributed by atoms with Crippen LogP contribution in [0.5, 0.6) is 0 Å². The number of aromatic amines is 1. The van der Waals surface area contributed by atoms with Gasteiger partial charge in [-0.25, -0.2) is 15.0 Å². The van der Waals surface area contributed by atoms with Crippen molar-refractivity contribution < 1.29 is 4.79 Å². The summed E-state index contributed by atoms with van der Waals surface area (Å²) < 4.78 is 1.88. The second kappa shape index (κ2) is 8.35. The second-order valence-electron chi connectivity index (χ2n) is 6.67. The van der Waals surface area contributed by atoms with Crippen molar-refractivity contribution >= 4 is 28.3 Å². The van der Waals surface area contributed by atoms with Crippen molar-refractivity contribution in [2.45, 2.75) is 32.2 Å². The van der Waals surface area contributed by atoms with Crippen LogP contribution in [0, 0.1) is 0 Å². The number of thiazole rings is 1. The molecule has 144 valence electrons. The first kappa shape index (κ1) is 18.4. The summed E-state index contributed by atoms with van der Waals surface area (Å²) in [7, 11) is 1.90. The number of H-pyrrole nitrogens is 1. The highest BCUT2D eigenvalue weighted by Crippen LogP contribution is 2.15. The SMILES string of the molecule is Cn1ccnc1CNC(=O)c1csc(CCCCc2nc3ccccc3[nH]2)n1. The summed E-state index contributed by atoms with van der Waals surface area (Å²) >= 11 is 1.54. The first-order chi connectivity index (χ1) is 13.7. The second-order valence-corrected chi connectivity index (χ2v) is 7.61. The smallest absolute Gasteiger partial charge is 0.271 e. The molecule has 0 radical (unpaired) electrons. The summed E-state index contributed by atoms with van der Waals surface area (Å²) in [5.41, 5.74) is 2.57. The number of para-hydroxylation sites is 2.